The molecule has 0 aromatic carbocycles. The Labute approximate surface area is 68.2 Å². The minimum Gasteiger partial charge on any atom is -0.393 e. The Bertz CT molecular complexity index is 146. The molecule has 64 valence electrons. The number of likely N-dealkylation sites (tertiary alicyclic amines) is 1. The van der Waals surface area contributed by atoms with Crippen molar-refractivity contribution in [3.8, 4) is 0 Å². The number of hydrogen-bond acceptors (Lipinski definition) is 2. The molecule has 1 heterocycles. The summed E-state index contributed by atoms with van der Waals surface area (Å²) >= 11 is 0. The lowest BCUT2D eigenvalue weighted by atomic mass is 9.63. The number of rotatable bonds is 0. The van der Waals surface area contributed by atoms with Gasteiger partial charge in [-0.1, -0.05) is 0 Å². The molecule has 2 aliphatic rings. The lowest BCUT2D eigenvalue weighted by Crippen LogP contribution is -2.51. The fourth-order valence-corrected chi connectivity index (χ4v) is 2.73. The molecule has 0 amide bonds. The van der Waals surface area contributed by atoms with E-state index in [0.29, 0.717) is 5.41 Å². The smallest absolute Gasteiger partial charge is 0.0551 e. The average molecular weight is 155 g/mol. The number of piperidine rings is 1. The van der Waals surface area contributed by atoms with Crippen molar-refractivity contribution in [3.63, 3.8) is 0 Å². The summed E-state index contributed by atoms with van der Waals surface area (Å²) in [5.41, 5.74) is 0.520. The molecule has 2 nitrogen and oxygen atoms in total. The maximum atomic E-state index is 9.23. The maximum Gasteiger partial charge on any atom is 0.0551 e. The van der Waals surface area contributed by atoms with E-state index in [1.165, 1.54) is 25.9 Å². The first-order valence-electron chi connectivity index (χ1n) is 4.57. The summed E-state index contributed by atoms with van der Waals surface area (Å²) in [4.78, 5) is 2.40. The lowest BCUT2D eigenvalue weighted by Gasteiger charge is -2.50. The first-order chi connectivity index (χ1) is 5.20. The predicted octanol–water partition coefficient (Wildman–Crippen LogP) is 0.853. The third-order valence-corrected chi connectivity index (χ3v) is 3.19. The minimum atomic E-state index is 0.0153. The molecule has 0 bridgehead atoms. The van der Waals surface area contributed by atoms with E-state index in [4.69, 9.17) is 0 Å². The first-order valence-corrected chi connectivity index (χ1v) is 4.57. The highest BCUT2D eigenvalue weighted by Crippen LogP contribution is 2.47. The van der Waals surface area contributed by atoms with Gasteiger partial charge in [0.05, 0.1) is 6.10 Å². The van der Waals surface area contributed by atoms with Crippen molar-refractivity contribution in [2.45, 2.75) is 31.8 Å². The van der Waals surface area contributed by atoms with Crippen LogP contribution in [0.15, 0.2) is 0 Å². The zero-order valence-corrected chi connectivity index (χ0v) is 7.21. The van der Waals surface area contributed by atoms with Crippen molar-refractivity contribution < 1.29 is 5.11 Å². The molecule has 1 aliphatic carbocycles. The van der Waals surface area contributed by atoms with Crippen molar-refractivity contribution in [2.24, 2.45) is 5.41 Å². The molecule has 1 aliphatic heterocycles. The van der Waals surface area contributed by atoms with Crippen molar-refractivity contribution in [2.75, 3.05) is 20.1 Å². The summed E-state index contributed by atoms with van der Waals surface area (Å²) in [6.45, 7) is 2.46. The third kappa shape index (κ3) is 1.30. The Kier molecular flexibility index (Phi) is 1.69. The van der Waals surface area contributed by atoms with Crippen LogP contribution in [0.25, 0.3) is 0 Å². The number of aliphatic hydroxyl groups excluding tert-OH is 1. The Hall–Kier alpha value is -0.0800. The highest BCUT2D eigenvalue weighted by atomic mass is 16.3. The van der Waals surface area contributed by atoms with Crippen LogP contribution in [0.2, 0.25) is 0 Å². The Morgan fingerprint density at radius 1 is 1.45 bits per heavy atom. The van der Waals surface area contributed by atoms with Crippen LogP contribution >= 0.6 is 0 Å². The zero-order valence-electron chi connectivity index (χ0n) is 7.21. The predicted molar refractivity (Wildman–Crippen MR) is 44.4 cm³/mol. The van der Waals surface area contributed by atoms with Gasteiger partial charge in [-0.05, 0) is 44.7 Å². The second-order valence-electron chi connectivity index (χ2n) is 4.40. The highest BCUT2D eigenvalue weighted by Gasteiger charge is 2.44. The van der Waals surface area contributed by atoms with Gasteiger partial charge in [0, 0.05) is 6.54 Å². The SMILES string of the molecule is CN1CCC[C@]2(C1)C[C@H](O)C2. The molecule has 0 aromatic heterocycles. The quantitative estimate of drug-likeness (QED) is 0.560. The van der Waals surface area contributed by atoms with E-state index in [0.717, 1.165) is 12.8 Å². The molecule has 1 saturated heterocycles. The molecular weight excluding hydrogens is 138 g/mol. The maximum absolute atomic E-state index is 9.23. The summed E-state index contributed by atoms with van der Waals surface area (Å²) in [5, 5.41) is 9.23. The summed E-state index contributed by atoms with van der Waals surface area (Å²) in [6.07, 6.45) is 4.79. The minimum absolute atomic E-state index is 0.0153. The van der Waals surface area contributed by atoms with Crippen LogP contribution in [0.4, 0.5) is 0 Å². The number of aliphatic hydroxyl groups is 1. The Morgan fingerprint density at radius 2 is 2.18 bits per heavy atom. The molecular formula is C9H17NO. The van der Waals surface area contributed by atoms with Crippen molar-refractivity contribution in [1.82, 2.24) is 4.90 Å². The Morgan fingerprint density at radius 3 is 2.73 bits per heavy atom. The monoisotopic (exact) mass is 155 g/mol. The molecule has 2 fully saturated rings. The molecule has 1 N–H and O–H groups in total. The molecule has 1 spiro atoms. The summed E-state index contributed by atoms with van der Waals surface area (Å²) in [5.74, 6) is 0. The number of hydrogen-bond donors (Lipinski definition) is 1. The van der Waals surface area contributed by atoms with E-state index >= 15 is 0 Å². The molecule has 1 saturated carbocycles. The first kappa shape index (κ1) is 7.56. The highest BCUT2D eigenvalue weighted by molar-refractivity contribution is 4.97. The summed E-state index contributed by atoms with van der Waals surface area (Å²) < 4.78 is 0. The molecule has 11 heavy (non-hydrogen) atoms. The van der Waals surface area contributed by atoms with Crippen molar-refractivity contribution in [1.29, 1.82) is 0 Å². The molecule has 0 aromatic rings. The van der Waals surface area contributed by atoms with Gasteiger partial charge in [-0.15, -0.1) is 0 Å². The molecule has 0 unspecified atom stereocenters. The van der Waals surface area contributed by atoms with E-state index in [1.807, 2.05) is 0 Å². The number of nitrogens with zero attached hydrogens (tertiary/aromatic N) is 1. The van der Waals surface area contributed by atoms with Crippen molar-refractivity contribution >= 4 is 0 Å². The fraction of sp³-hybridized carbons (Fsp3) is 1.00. The fourth-order valence-electron chi connectivity index (χ4n) is 2.73. The lowest BCUT2D eigenvalue weighted by molar-refractivity contribution is -0.0694. The molecule has 0 radical (unpaired) electrons. The van der Waals surface area contributed by atoms with Gasteiger partial charge in [0.2, 0.25) is 0 Å². The largest absolute Gasteiger partial charge is 0.393 e. The average Bonchev–Trinajstić information content (AvgIpc) is 1.84. The van der Waals surface area contributed by atoms with Crippen LogP contribution in [-0.4, -0.2) is 36.2 Å². The summed E-state index contributed by atoms with van der Waals surface area (Å²) in [7, 11) is 2.19. The van der Waals surface area contributed by atoms with Gasteiger partial charge in [0.25, 0.3) is 0 Å². The zero-order chi connectivity index (χ0) is 7.90. The van der Waals surface area contributed by atoms with Gasteiger partial charge in [-0.2, -0.15) is 0 Å². The van der Waals surface area contributed by atoms with Gasteiger partial charge in [0.1, 0.15) is 0 Å². The topological polar surface area (TPSA) is 23.5 Å². The second-order valence-corrected chi connectivity index (χ2v) is 4.40. The van der Waals surface area contributed by atoms with E-state index in [2.05, 4.69) is 11.9 Å². The van der Waals surface area contributed by atoms with Gasteiger partial charge in [-0.25, -0.2) is 0 Å². The standard InChI is InChI=1S/C9H17NO/c1-10-4-2-3-9(7-10)5-8(11)6-9/h8,11H,2-7H2,1H3/t8-,9-. The Balaban J connectivity index is 1.93. The second kappa shape index (κ2) is 2.46. The van der Waals surface area contributed by atoms with Crippen LogP contribution in [0.1, 0.15) is 25.7 Å². The molecule has 2 rings (SSSR count). The molecule has 0 atom stereocenters. The normalized spacial score (nSPS) is 45.8. The van der Waals surface area contributed by atoms with E-state index in [9.17, 15) is 5.11 Å². The summed E-state index contributed by atoms with van der Waals surface area (Å²) in [6, 6.07) is 0. The van der Waals surface area contributed by atoms with E-state index in [1.54, 1.807) is 0 Å². The van der Waals surface area contributed by atoms with Gasteiger partial charge in [-0.3, -0.25) is 0 Å². The van der Waals surface area contributed by atoms with Crippen LogP contribution in [0.5, 0.6) is 0 Å². The van der Waals surface area contributed by atoms with Crippen LogP contribution in [0.3, 0.4) is 0 Å². The van der Waals surface area contributed by atoms with Gasteiger partial charge >= 0.3 is 0 Å². The van der Waals surface area contributed by atoms with Crippen LogP contribution < -0.4 is 0 Å². The molecule has 2 heteroatoms. The van der Waals surface area contributed by atoms with Gasteiger partial charge in [0.15, 0.2) is 0 Å². The third-order valence-electron chi connectivity index (χ3n) is 3.19. The van der Waals surface area contributed by atoms with Crippen molar-refractivity contribution in [3.05, 3.63) is 0 Å². The van der Waals surface area contributed by atoms with E-state index in [-0.39, 0.29) is 6.10 Å². The van der Waals surface area contributed by atoms with Crippen LogP contribution in [-0.2, 0) is 0 Å². The van der Waals surface area contributed by atoms with E-state index < -0.39 is 0 Å². The van der Waals surface area contributed by atoms with Gasteiger partial charge < -0.3 is 10.0 Å². The van der Waals surface area contributed by atoms with Crippen LogP contribution in [0, 0.1) is 5.41 Å².